The van der Waals surface area contributed by atoms with Crippen LogP contribution in [0, 0.1) is 5.92 Å². The third-order valence-electron chi connectivity index (χ3n) is 4.33. The molecule has 0 amide bonds. The molecule has 0 saturated heterocycles. The Hall–Kier alpha value is -2.23. The SMILES string of the molecule is C=C(C)C(=C1CC1)c1cn(-c2ccccc2)nc1C(F)(F)C(C)C. The molecule has 1 aliphatic carbocycles. The molecule has 1 fully saturated rings. The van der Waals surface area contributed by atoms with Gasteiger partial charge in [0.1, 0.15) is 5.69 Å². The van der Waals surface area contributed by atoms with Crippen molar-refractivity contribution in [3.8, 4) is 5.69 Å². The number of para-hydroxylation sites is 1. The van der Waals surface area contributed by atoms with Gasteiger partial charge in [0.05, 0.1) is 5.69 Å². The van der Waals surface area contributed by atoms with Crippen molar-refractivity contribution in [3.63, 3.8) is 0 Å². The average molecular weight is 328 g/mol. The summed E-state index contributed by atoms with van der Waals surface area (Å²) < 4.78 is 31.2. The number of alkyl halides is 2. The van der Waals surface area contributed by atoms with E-state index in [1.807, 2.05) is 37.3 Å². The largest absolute Gasteiger partial charge is 0.294 e. The molecule has 0 unspecified atom stereocenters. The highest BCUT2D eigenvalue weighted by atomic mass is 19.3. The Morgan fingerprint density at radius 3 is 2.33 bits per heavy atom. The van der Waals surface area contributed by atoms with Crippen molar-refractivity contribution in [2.24, 2.45) is 5.92 Å². The molecule has 3 rings (SSSR count). The lowest BCUT2D eigenvalue weighted by molar-refractivity contribution is -0.0559. The molecule has 0 atom stereocenters. The fourth-order valence-corrected chi connectivity index (χ4v) is 2.82. The highest BCUT2D eigenvalue weighted by Crippen LogP contribution is 2.45. The van der Waals surface area contributed by atoms with Crippen molar-refractivity contribution >= 4 is 5.57 Å². The first-order valence-electron chi connectivity index (χ1n) is 8.24. The van der Waals surface area contributed by atoms with Crippen LogP contribution >= 0.6 is 0 Å². The molecule has 0 bridgehead atoms. The van der Waals surface area contributed by atoms with E-state index in [2.05, 4.69) is 11.7 Å². The predicted octanol–water partition coefficient (Wildman–Crippen LogP) is 5.74. The van der Waals surface area contributed by atoms with Crippen LogP contribution in [0.1, 0.15) is 44.9 Å². The lowest BCUT2D eigenvalue weighted by atomic mass is 9.93. The molecular weight excluding hydrogens is 306 g/mol. The molecule has 0 radical (unpaired) electrons. The van der Waals surface area contributed by atoms with E-state index >= 15 is 0 Å². The van der Waals surface area contributed by atoms with Crippen molar-refractivity contribution in [1.29, 1.82) is 0 Å². The van der Waals surface area contributed by atoms with Crippen molar-refractivity contribution in [1.82, 2.24) is 9.78 Å². The maximum absolute atomic E-state index is 14.8. The Morgan fingerprint density at radius 1 is 1.21 bits per heavy atom. The standard InChI is InChI=1S/C20H22F2N2/c1-13(2)18(15-10-11-15)17-12-24(16-8-6-5-7-9-16)23-19(17)20(21,22)14(3)4/h5-9,12,14H,1,10-11H2,2-4H3. The first kappa shape index (κ1) is 16.6. The topological polar surface area (TPSA) is 17.8 Å². The first-order chi connectivity index (χ1) is 11.3. The van der Waals surface area contributed by atoms with E-state index in [1.54, 1.807) is 10.9 Å². The smallest absolute Gasteiger partial charge is 0.240 e. The molecular formula is C20H22F2N2. The maximum atomic E-state index is 14.8. The van der Waals surface area contributed by atoms with Crippen molar-refractivity contribution in [2.75, 3.05) is 0 Å². The predicted molar refractivity (Wildman–Crippen MR) is 93.3 cm³/mol. The summed E-state index contributed by atoms with van der Waals surface area (Å²) in [5.41, 5.74) is 3.99. The van der Waals surface area contributed by atoms with E-state index in [9.17, 15) is 8.78 Å². The van der Waals surface area contributed by atoms with E-state index in [0.29, 0.717) is 5.56 Å². The number of rotatable bonds is 5. The maximum Gasteiger partial charge on any atom is 0.294 e. The monoisotopic (exact) mass is 328 g/mol. The zero-order valence-corrected chi connectivity index (χ0v) is 14.3. The summed E-state index contributed by atoms with van der Waals surface area (Å²) in [5, 5.41) is 4.28. The summed E-state index contributed by atoms with van der Waals surface area (Å²) in [7, 11) is 0. The fraction of sp³-hybridized carbons (Fsp3) is 0.350. The van der Waals surface area contributed by atoms with Gasteiger partial charge >= 0.3 is 0 Å². The highest BCUT2D eigenvalue weighted by molar-refractivity contribution is 5.83. The third-order valence-corrected chi connectivity index (χ3v) is 4.33. The summed E-state index contributed by atoms with van der Waals surface area (Å²) in [6, 6.07) is 9.35. The number of allylic oxidation sites excluding steroid dienone is 3. The highest BCUT2D eigenvalue weighted by Gasteiger charge is 2.42. The Kier molecular flexibility index (Phi) is 4.16. The van der Waals surface area contributed by atoms with Crippen LogP contribution in [-0.4, -0.2) is 9.78 Å². The number of aromatic nitrogens is 2. The van der Waals surface area contributed by atoms with Crippen LogP contribution < -0.4 is 0 Å². The van der Waals surface area contributed by atoms with Gasteiger partial charge in [-0.05, 0) is 37.5 Å². The summed E-state index contributed by atoms with van der Waals surface area (Å²) in [6.45, 7) is 8.92. The van der Waals surface area contributed by atoms with Gasteiger partial charge in [-0.25, -0.2) is 4.68 Å². The Labute approximate surface area is 141 Å². The van der Waals surface area contributed by atoms with Crippen molar-refractivity contribution in [3.05, 3.63) is 65.5 Å². The summed E-state index contributed by atoms with van der Waals surface area (Å²) >= 11 is 0. The number of nitrogens with zero attached hydrogens (tertiary/aromatic N) is 2. The zero-order chi connectivity index (χ0) is 17.5. The van der Waals surface area contributed by atoms with E-state index < -0.39 is 11.8 Å². The van der Waals surface area contributed by atoms with Crippen LogP contribution in [0.15, 0.2) is 54.3 Å². The van der Waals surface area contributed by atoms with Gasteiger partial charge in [0.15, 0.2) is 0 Å². The van der Waals surface area contributed by atoms with Crippen LogP contribution in [0.5, 0.6) is 0 Å². The van der Waals surface area contributed by atoms with E-state index in [-0.39, 0.29) is 5.69 Å². The molecule has 2 nitrogen and oxygen atoms in total. The molecule has 0 N–H and O–H groups in total. The third kappa shape index (κ3) is 2.93. The molecule has 126 valence electrons. The average Bonchev–Trinajstić information content (AvgIpc) is 3.25. The second-order valence-electron chi connectivity index (χ2n) is 6.71. The minimum atomic E-state index is -2.99. The van der Waals surface area contributed by atoms with Gasteiger partial charge in [0.25, 0.3) is 5.92 Å². The van der Waals surface area contributed by atoms with Gasteiger partial charge in [-0.2, -0.15) is 13.9 Å². The number of hydrogen-bond donors (Lipinski definition) is 0. The van der Waals surface area contributed by atoms with Crippen molar-refractivity contribution < 1.29 is 8.78 Å². The molecule has 1 heterocycles. The van der Waals surface area contributed by atoms with Crippen LogP contribution in [-0.2, 0) is 5.92 Å². The van der Waals surface area contributed by atoms with Crippen LogP contribution in [0.4, 0.5) is 8.78 Å². The minimum Gasteiger partial charge on any atom is -0.240 e. The van der Waals surface area contributed by atoms with Gasteiger partial charge < -0.3 is 0 Å². The van der Waals surface area contributed by atoms with Gasteiger partial charge in [0.2, 0.25) is 0 Å². The number of benzene rings is 1. The second-order valence-corrected chi connectivity index (χ2v) is 6.71. The van der Waals surface area contributed by atoms with E-state index in [0.717, 1.165) is 29.7 Å². The molecule has 1 aromatic heterocycles. The number of halogens is 2. The quantitative estimate of drug-likeness (QED) is 0.684. The molecule has 1 saturated carbocycles. The van der Waals surface area contributed by atoms with Gasteiger partial charge in [-0.1, -0.05) is 49.8 Å². The molecule has 1 aliphatic rings. The normalized spacial score (nSPS) is 14.2. The van der Waals surface area contributed by atoms with Crippen molar-refractivity contribution in [2.45, 2.75) is 39.5 Å². The van der Waals surface area contributed by atoms with E-state index in [1.165, 1.54) is 19.4 Å². The molecule has 4 heteroatoms. The van der Waals surface area contributed by atoms with Gasteiger partial charge in [-0.3, -0.25) is 0 Å². The summed E-state index contributed by atoms with van der Waals surface area (Å²) in [6.07, 6.45) is 3.62. The van der Waals surface area contributed by atoms with Gasteiger partial charge in [-0.15, -0.1) is 0 Å². The van der Waals surface area contributed by atoms with Crippen LogP contribution in [0.2, 0.25) is 0 Å². The summed E-state index contributed by atoms with van der Waals surface area (Å²) in [5.74, 6) is -3.82. The fourth-order valence-electron chi connectivity index (χ4n) is 2.82. The zero-order valence-electron chi connectivity index (χ0n) is 14.3. The lowest BCUT2D eigenvalue weighted by Crippen LogP contribution is -2.23. The first-order valence-corrected chi connectivity index (χ1v) is 8.24. The number of hydrogen-bond acceptors (Lipinski definition) is 1. The molecule has 2 aromatic rings. The van der Waals surface area contributed by atoms with Crippen LogP contribution in [0.25, 0.3) is 11.3 Å². The lowest BCUT2D eigenvalue weighted by Gasteiger charge is -2.20. The Morgan fingerprint density at radius 2 is 1.83 bits per heavy atom. The summed E-state index contributed by atoms with van der Waals surface area (Å²) in [4.78, 5) is 0. The second kappa shape index (κ2) is 6.00. The molecule has 1 aromatic carbocycles. The van der Waals surface area contributed by atoms with Crippen LogP contribution in [0.3, 0.4) is 0 Å². The minimum absolute atomic E-state index is 0.154. The molecule has 0 aliphatic heterocycles. The van der Waals surface area contributed by atoms with E-state index in [4.69, 9.17) is 0 Å². The van der Waals surface area contributed by atoms with Gasteiger partial charge in [0, 0.05) is 17.7 Å². The molecule has 0 spiro atoms. The molecule has 24 heavy (non-hydrogen) atoms. The Balaban J connectivity index is 2.22. The Bertz CT molecular complexity index is 792.